The van der Waals surface area contributed by atoms with E-state index in [1.807, 2.05) is 11.8 Å². The van der Waals surface area contributed by atoms with Crippen molar-refractivity contribution in [3.63, 3.8) is 0 Å². The Morgan fingerprint density at radius 2 is 2.08 bits per heavy atom. The Bertz CT molecular complexity index is 121. The first kappa shape index (κ1) is 11.4. The van der Waals surface area contributed by atoms with E-state index in [-0.39, 0.29) is 0 Å². The third kappa shape index (κ3) is 4.37. The molecule has 1 nitrogen and oxygen atoms in total. The van der Waals surface area contributed by atoms with Crippen molar-refractivity contribution in [1.29, 1.82) is 0 Å². The van der Waals surface area contributed by atoms with Gasteiger partial charge in [0.05, 0.1) is 0 Å². The molecule has 0 aliphatic heterocycles. The highest BCUT2D eigenvalue weighted by atomic mass is 32.2. The van der Waals surface area contributed by atoms with Crippen LogP contribution < -0.4 is 5.32 Å². The summed E-state index contributed by atoms with van der Waals surface area (Å²) in [6, 6.07) is 0.750. The number of hydrogen-bond acceptors (Lipinski definition) is 2. The van der Waals surface area contributed by atoms with Crippen molar-refractivity contribution in [2.75, 3.05) is 18.1 Å². The highest BCUT2D eigenvalue weighted by Crippen LogP contribution is 2.27. The summed E-state index contributed by atoms with van der Waals surface area (Å²) in [5.74, 6) is 3.49. The van der Waals surface area contributed by atoms with E-state index in [2.05, 4.69) is 19.2 Å². The largest absolute Gasteiger partial charge is 0.313 e. The molecule has 0 aromatic rings. The molecule has 1 atom stereocenters. The first-order valence-corrected chi connectivity index (χ1v) is 6.81. The monoisotopic (exact) mass is 201 g/mol. The van der Waals surface area contributed by atoms with Crippen LogP contribution in [0.15, 0.2) is 0 Å². The molecule has 2 heteroatoms. The summed E-state index contributed by atoms with van der Waals surface area (Å²) in [4.78, 5) is 0. The molecule has 0 unspecified atom stereocenters. The van der Waals surface area contributed by atoms with Crippen LogP contribution in [0.1, 0.15) is 39.5 Å². The molecular formula is C11H23NS. The minimum atomic E-state index is 0.750. The number of hydrogen-bond donors (Lipinski definition) is 1. The molecule has 0 heterocycles. The molecule has 1 rings (SSSR count). The van der Waals surface area contributed by atoms with Crippen LogP contribution in [0.3, 0.4) is 0 Å². The highest BCUT2D eigenvalue weighted by Gasteiger charge is 2.20. The molecule has 1 aliphatic rings. The molecule has 0 aromatic heterocycles. The molecule has 0 aromatic carbocycles. The van der Waals surface area contributed by atoms with Gasteiger partial charge in [-0.05, 0) is 31.4 Å². The Morgan fingerprint density at radius 1 is 1.38 bits per heavy atom. The van der Waals surface area contributed by atoms with Crippen LogP contribution in [0, 0.1) is 5.92 Å². The van der Waals surface area contributed by atoms with Gasteiger partial charge in [0.25, 0.3) is 0 Å². The molecule has 0 radical (unpaired) electrons. The van der Waals surface area contributed by atoms with Gasteiger partial charge in [-0.15, -0.1) is 0 Å². The van der Waals surface area contributed by atoms with E-state index in [0.717, 1.165) is 12.0 Å². The van der Waals surface area contributed by atoms with E-state index in [1.165, 1.54) is 43.7 Å². The minimum absolute atomic E-state index is 0.750. The van der Waals surface area contributed by atoms with Crippen LogP contribution in [0.5, 0.6) is 0 Å². The zero-order chi connectivity index (χ0) is 9.52. The maximum absolute atomic E-state index is 3.64. The summed E-state index contributed by atoms with van der Waals surface area (Å²) < 4.78 is 0. The van der Waals surface area contributed by atoms with Crippen molar-refractivity contribution in [3.8, 4) is 0 Å². The van der Waals surface area contributed by atoms with Crippen molar-refractivity contribution < 1.29 is 0 Å². The van der Waals surface area contributed by atoms with Crippen LogP contribution in [0.25, 0.3) is 0 Å². The summed E-state index contributed by atoms with van der Waals surface area (Å²) in [5.41, 5.74) is 0. The second-order valence-electron chi connectivity index (χ2n) is 3.98. The lowest BCUT2D eigenvalue weighted by Gasteiger charge is -2.20. The summed E-state index contributed by atoms with van der Waals surface area (Å²) in [5, 5.41) is 3.64. The summed E-state index contributed by atoms with van der Waals surface area (Å²) in [6.07, 6.45) is 5.82. The number of nitrogens with one attached hydrogen (secondary N) is 1. The number of rotatable bonds is 6. The Kier molecular flexibility index (Phi) is 5.88. The van der Waals surface area contributed by atoms with Gasteiger partial charge in [0, 0.05) is 18.3 Å². The molecule has 13 heavy (non-hydrogen) atoms. The lowest BCUT2D eigenvalue weighted by molar-refractivity contribution is 0.390. The van der Waals surface area contributed by atoms with Gasteiger partial charge >= 0.3 is 0 Å². The molecule has 1 N–H and O–H groups in total. The van der Waals surface area contributed by atoms with Gasteiger partial charge in [-0.2, -0.15) is 11.8 Å². The Labute approximate surface area is 87.1 Å². The van der Waals surface area contributed by atoms with Crippen LogP contribution in [-0.4, -0.2) is 24.1 Å². The lowest BCUT2D eigenvalue weighted by atomic mass is 10.00. The Balaban J connectivity index is 1.99. The molecule has 1 saturated carbocycles. The highest BCUT2D eigenvalue weighted by molar-refractivity contribution is 7.99. The van der Waals surface area contributed by atoms with E-state index in [4.69, 9.17) is 0 Å². The second kappa shape index (κ2) is 6.72. The molecule has 0 saturated heterocycles. The van der Waals surface area contributed by atoms with Crippen molar-refractivity contribution in [2.45, 2.75) is 45.6 Å². The SMILES string of the molecule is CCSCCN[C@@H](C)C1CCCC1. The second-order valence-corrected chi connectivity index (χ2v) is 5.38. The fraction of sp³-hybridized carbons (Fsp3) is 1.00. The van der Waals surface area contributed by atoms with Crippen LogP contribution in [0.2, 0.25) is 0 Å². The number of thioether (sulfide) groups is 1. The van der Waals surface area contributed by atoms with Crippen molar-refractivity contribution >= 4 is 11.8 Å². The molecule has 0 amide bonds. The van der Waals surface area contributed by atoms with Crippen molar-refractivity contribution in [1.82, 2.24) is 5.32 Å². The van der Waals surface area contributed by atoms with Gasteiger partial charge in [-0.1, -0.05) is 19.8 Å². The summed E-state index contributed by atoms with van der Waals surface area (Å²) in [6.45, 7) is 5.77. The predicted molar refractivity (Wildman–Crippen MR) is 62.4 cm³/mol. The summed E-state index contributed by atoms with van der Waals surface area (Å²) in [7, 11) is 0. The normalized spacial score (nSPS) is 20.8. The van der Waals surface area contributed by atoms with Crippen molar-refractivity contribution in [2.24, 2.45) is 5.92 Å². The fourth-order valence-electron chi connectivity index (χ4n) is 2.13. The van der Waals surface area contributed by atoms with Crippen LogP contribution in [0.4, 0.5) is 0 Å². The summed E-state index contributed by atoms with van der Waals surface area (Å²) >= 11 is 2.03. The molecule has 0 bridgehead atoms. The van der Waals surface area contributed by atoms with Gasteiger partial charge < -0.3 is 5.32 Å². The Morgan fingerprint density at radius 3 is 2.69 bits per heavy atom. The zero-order valence-electron chi connectivity index (χ0n) is 9.01. The van der Waals surface area contributed by atoms with Crippen molar-refractivity contribution in [3.05, 3.63) is 0 Å². The van der Waals surface area contributed by atoms with Gasteiger partial charge in [0.15, 0.2) is 0 Å². The standard InChI is InChI=1S/C11H23NS/c1-3-13-9-8-12-10(2)11-6-4-5-7-11/h10-12H,3-9H2,1-2H3/t10-/m0/s1. The molecule has 0 spiro atoms. The van der Waals surface area contributed by atoms with Gasteiger partial charge in [0.1, 0.15) is 0 Å². The maximum atomic E-state index is 3.64. The average molecular weight is 201 g/mol. The molecule has 78 valence electrons. The molecule has 1 fully saturated rings. The van der Waals surface area contributed by atoms with Crippen LogP contribution >= 0.6 is 11.8 Å². The first-order valence-electron chi connectivity index (χ1n) is 5.65. The first-order chi connectivity index (χ1) is 6.34. The van der Waals surface area contributed by atoms with E-state index in [9.17, 15) is 0 Å². The average Bonchev–Trinajstić information content (AvgIpc) is 2.65. The zero-order valence-corrected chi connectivity index (χ0v) is 9.83. The van der Waals surface area contributed by atoms with Gasteiger partial charge in [-0.3, -0.25) is 0 Å². The quantitative estimate of drug-likeness (QED) is 0.663. The lowest BCUT2D eigenvalue weighted by Crippen LogP contribution is -2.33. The maximum Gasteiger partial charge on any atom is 0.00673 e. The smallest absolute Gasteiger partial charge is 0.00673 e. The topological polar surface area (TPSA) is 12.0 Å². The third-order valence-corrected chi connectivity index (χ3v) is 3.92. The predicted octanol–water partition coefficient (Wildman–Crippen LogP) is 2.91. The van der Waals surface area contributed by atoms with E-state index >= 15 is 0 Å². The van der Waals surface area contributed by atoms with Crippen LogP contribution in [-0.2, 0) is 0 Å². The van der Waals surface area contributed by atoms with E-state index in [0.29, 0.717) is 0 Å². The molecular weight excluding hydrogens is 178 g/mol. The molecule has 1 aliphatic carbocycles. The fourth-order valence-corrected chi connectivity index (χ4v) is 2.68. The van der Waals surface area contributed by atoms with E-state index < -0.39 is 0 Å². The minimum Gasteiger partial charge on any atom is -0.313 e. The third-order valence-electron chi connectivity index (χ3n) is 3.02. The Hall–Kier alpha value is 0.310. The van der Waals surface area contributed by atoms with Gasteiger partial charge in [-0.25, -0.2) is 0 Å². The van der Waals surface area contributed by atoms with E-state index in [1.54, 1.807) is 0 Å². The van der Waals surface area contributed by atoms with Gasteiger partial charge in [0.2, 0.25) is 0 Å².